The van der Waals surface area contributed by atoms with Gasteiger partial charge in [0.25, 0.3) is 0 Å². The van der Waals surface area contributed by atoms with Gasteiger partial charge in [-0.05, 0) is 19.8 Å². The molecule has 1 heterocycles. The molecule has 0 atom stereocenters. The van der Waals surface area contributed by atoms with Gasteiger partial charge in [0, 0.05) is 40.2 Å². The van der Waals surface area contributed by atoms with Crippen molar-refractivity contribution in [2.75, 3.05) is 47.4 Å². The molecule has 120 valence electrons. The molecule has 3 amide bonds. The van der Waals surface area contributed by atoms with Gasteiger partial charge < -0.3 is 19.4 Å². The fourth-order valence-corrected chi connectivity index (χ4v) is 2.39. The molecule has 1 aliphatic heterocycles. The second kappa shape index (κ2) is 7.85. The Kier molecular flexibility index (Phi) is 6.45. The first-order valence-electron chi connectivity index (χ1n) is 7.23. The monoisotopic (exact) mass is 299 g/mol. The maximum Gasteiger partial charge on any atom is 0.325 e. The van der Waals surface area contributed by atoms with Crippen molar-refractivity contribution in [3.05, 3.63) is 0 Å². The van der Waals surface area contributed by atoms with Crippen molar-refractivity contribution in [3.63, 3.8) is 0 Å². The highest BCUT2D eigenvalue weighted by Gasteiger charge is 2.30. The molecule has 21 heavy (non-hydrogen) atoms. The summed E-state index contributed by atoms with van der Waals surface area (Å²) in [6.45, 7) is 3.16. The maximum atomic E-state index is 12.3. The van der Waals surface area contributed by atoms with Crippen LogP contribution in [0.5, 0.6) is 0 Å². The first-order valence-corrected chi connectivity index (χ1v) is 7.23. The summed E-state index contributed by atoms with van der Waals surface area (Å²) >= 11 is 0. The molecule has 1 saturated heterocycles. The van der Waals surface area contributed by atoms with Crippen LogP contribution < -0.4 is 0 Å². The molecule has 0 radical (unpaired) electrons. The van der Waals surface area contributed by atoms with E-state index >= 15 is 0 Å². The van der Waals surface area contributed by atoms with Crippen molar-refractivity contribution < 1.29 is 19.1 Å². The summed E-state index contributed by atoms with van der Waals surface area (Å²) in [5.74, 6) is -0.579. The van der Waals surface area contributed by atoms with Gasteiger partial charge in [-0.25, -0.2) is 4.79 Å². The van der Waals surface area contributed by atoms with E-state index in [0.717, 1.165) is 0 Å². The van der Waals surface area contributed by atoms with Crippen LogP contribution in [0.15, 0.2) is 0 Å². The molecule has 1 rings (SSSR count). The van der Waals surface area contributed by atoms with Crippen molar-refractivity contribution in [3.8, 4) is 0 Å². The predicted molar refractivity (Wildman–Crippen MR) is 77.7 cm³/mol. The molecule has 0 spiro atoms. The lowest BCUT2D eigenvalue weighted by Gasteiger charge is -2.34. The Morgan fingerprint density at radius 1 is 1.14 bits per heavy atom. The maximum absolute atomic E-state index is 12.3. The quantitative estimate of drug-likeness (QED) is 0.705. The lowest BCUT2D eigenvalue weighted by atomic mass is 9.95. The lowest BCUT2D eigenvalue weighted by molar-refractivity contribution is -0.149. The summed E-state index contributed by atoms with van der Waals surface area (Å²) in [5.41, 5.74) is 0. The van der Waals surface area contributed by atoms with Crippen molar-refractivity contribution in [2.45, 2.75) is 19.8 Å². The summed E-state index contributed by atoms with van der Waals surface area (Å²) < 4.78 is 4.83. The summed E-state index contributed by atoms with van der Waals surface area (Å²) in [6, 6.07) is -0.0271. The summed E-state index contributed by atoms with van der Waals surface area (Å²) in [6.07, 6.45) is 1.26. The standard InChI is InChI=1S/C14H25N3O4/c1-5-21-12(18)10-16(4)13(19)11-6-8-17(9-7-11)14(20)15(2)3/h11H,5-10H2,1-4H3. The van der Waals surface area contributed by atoms with E-state index in [4.69, 9.17) is 4.74 Å². The zero-order chi connectivity index (χ0) is 16.0. The van der Waals surface area contributed by atoms with E-state index in [1.807, 2.05) is 0 Å². The van der Waals surface area contributed by atoms with Gasteiger partial charge >= 0.3 is 12.0 Å². The highest BCUT2D eigenvalue weighted by Crippen LogP contribution is 2.20. The molecule has 0 saturated carbocycles. The van der Waals surface area contributed by atoms with E-state index in [2.05, 4.69) is 0 Å². The van der Waals surface area contributed by atoms with Crippen LogP contribution in [0.25, 0.3) is 0 Å². The smallest absolute Gasteiger partial charge is 0.325 e. The third kappa shape index (κ3) is 4.91. The first kappa shape index (κ1) is 17.3. The molecule has 7 heteroatoms. The molecular formula is C14H25N3O4. The molecule has 0 aromatic carbocycles. The van der Waals surface area contributed by atoms with Crippen molar-refractivity contribution in [1.29, 1.82) is 0 Å². The van der Waals surface area contributed by atoms with E-state index in [1.165, 1.54) is 9.80 Å². The van der Waals surface area contributed by atoms with Crippen molar-refractivity contribution >= 4 is 17.9 Å². The van der Waals surface area contributed by atoms with E-state index in [1.54, 1.807) is 33.0 Å². The Morgan fingerprint density at radius 3 is 2.19 bits per heavy atom. The van der Waals surface area contributed by atoms with Crippen LogP contribution >= 0.6 is 0 Å². The van der Waals surface area contributed by atoms with Gasteiger partial charge in [0.05, 0.1) is 6.61 Å². The van der Waals surface area contributed by atoms with Crippen LogP contribution in [0.3, 0.4) is 0 Å². The van der Waals surface area contributed by atoms with Crippen LogP contribution in [-0.2, 0) is 14.3 Å². The molecule has 0 bridgehead atoms. The number of hydrogen-bond donors (Lipinski definition) is 0. The first-order chi connectivity index (χ1) is 9.86. The number of ether oxygens (including phenoxy) is 1. The topological polar surface area (TPSA) is 70.2 Å². The van der Waals surface area contributed by atoms with Crippen LogP contribution in [-0.4, -0.2) is 80.0 Å². The summed E-state index contributed by atoms with van der Waals surface area (Å²) in [5, 5.41) is 0. The SMILES string of the molecule is CCOC(=O)CN(C)C(=O)C1CCN(C(=O)N(C)C)CC1. The zero-order valence-corrected chi connectivity index (χ0v) is 13.3. The summed E-state index contributed by atoms with van der Waals surface area (Å²) in [7, 11) is 5.04. The predicted octanol–water partition coefficient (Wildman–Crippen LogP) is 0.402. The number of hydrogen-bond acceptors (Lipinski definition) is 4. The number of esters is 1. The molecule has 0 unspecified atom stereocenters. The van der Waals surface area contributed by atoms with Gasteiger partial charge in [0.15, 0.2) is 0 Å². The number of likely N-dealkylation sites (tertiary alicyclic amines) is 1. The fraction of sp³-hybridized carbons (Fsp3) is 0.786. The molecule has 1 fully saturated rings. The largest absolute Gasteiger partial charge is 0.465 e. The fourth-order valence-electron chi connectivity index (χ4n) is 2.39. The molecular weight excluding hydrogens is 274 g/mol. The van der Waals surface area contributed by atoms with Crippen LogP contribution in [0, 0.1) is 5.92 Å². The Labute approximate surface area is 125 Å². The molecule has 0 aliphatic carbocycles. The van der Waals surface area contributed by atoms with E-state index in [-0.39, 0.29) is 24.4 Å². The second-order valence-corrected chi connectivity index (χ2v) is 5.44. The van der Waals surface area contributed by atoms with Gasteiger partial charge in [-0.2, -0.15) is 0 Å². The number of piperidine rings is 1. The highest BCUT2D eigenvalue weighted by atomic mass is 16.5. The molecule has 1 aliphatic rings. The van der Waals surface area contributed by atoms with Crippen molar-refractivity contribution in [2.24, 2.45) is 5.92 Å². The van der Waals surface area contributed by atoms with Crippen LogP contribution in [0.4, 0.5) is 4.79 Å². The molecule has 0 aromatic rings. The van der Waals surface area contributed by atoms with Crippen molar-refractivity contribution in [1.82, 2.24) is 14.7 Å². The zero-order valence-electron chi connectivity index (χ0n) is 13.3. The van der Waals surface area contributed by atoms with Gasteiger partial charge in [-0.3, -0.25) is 9.59 Å². The number of carbonyl (C=O) groups is 3. The molecule has 0 N–H and O–H groups in total. The Morgan fingerprint density at radius 2 is 1.71 bits per heavy atom. The van der Waals surface area contributed by atoms with Gasteiger partial charge in [-0.15, -0.1) is 0 Å². The lowest BCUT2D eigenvalue weighted by Crippen LogP contribution is -2.47. The Balaban J connectivity index is 2.44. The van der Waals surface area contributed by atoms with E-state index < -0.39 is 5.97 Å². The van der Waals surface area contributed by atoms with Crippen LogP contribution in [0.2, 0.25) is 0 Å². The Bertz CT molecular complexity index is 390. The summed E-state index contributed by atoms with van der Waals surface area (Å²) in [4.78, 5) is 40.1. The molecule has 0 aromatic heterocycles. The third-order valence-electron chi connectivity index (χ3n) is 3.55. The van der Waals surface area contributed by atoms with Gasteiger partial charge in [-0.1, -0.05) is 0 Å². The number of amides is 3. The molecule has 7 nitrogen and oxygen atoms in total. The number of nitrogens with zero attached hydrogens (tertiary/aromatic N) is 3. The second-order valence-electron chi connectivity index (χ2n) is 5.44. The average molecular weight is 299 g/mol. The average Bonchev–Trinajstić information content (AvgIpc) is 2.45. The van der Waals surface area contributed by atoms with E-state index in [0.29, 0.717) is 32.5 Å². The minimum Gasteiger partial charge on any atom is -0.465 e. The number of carbonyl (C=O) groups excluding carboxylic acids is 3. The Hall–Kier alpha value is -1.79. The normalized spacial score (nSPS) is 15.5. The van der Waals surface area contributed by atoms with Gasteiger partial charge in [0.2, 0.25) is 5.91 Å². The third-order valence-corrected chi connectivity index (χ3v) is 3.55. The number of likely N-dealkylation sites (N-methyl/N-ethyl adjacent to an activating group) is 1. The minimum absolute atomic E-state index is 0.0243. The number of rotatable bonds is 4. The minimum atomic E-state index is -0.395. The van der Waals surface area contributed by atoms with Gasteiger partial charge in [0.1, 0.15) is 6.54 Å². The number of urea groups is 1. The van der Waals surface area contributed by atoms with E-state index in [9.17, 15) is 14.4 Å². The highest BCUT2D eigenvalue weighted by molar-refractivity contribution is 5.83. The van der Waals surface area contributed by atoms with Crippen LogP contribution in [0.1, 0.15) is 19.8 Å².